The molecule has 2 atom stereocenters. The Morgan fingerprint density at radius 3 is 2.46 bits per heavy atom. The fraction of sp³-hybridized carbons (Fsp3) is 0.500. The number of carbonyl (C=O) groups is 2. The molecule has 1 N–H and O–H groups in total. The molecular weight excluding hydrogens is 314 g/mol. The first-order valence-electron chi connectivity index (χ1n) is 7.57. The molecule has 1 aromatic carbocycles. The zero-order valence-corrected chi connectivity index (χ0v) is 14.5. The third-order valence-electron chi connectivity index (χ3n) is 3.87. The zero-order chi connectivity index (χ0) is 18.4. The van der Waals surface area contributed by atoms with E-state index < -0.39 is 22.8 Å². The number of carbonyl (C=O) groups excluding carboxylic acids is 2. The van der Waals surface area contributed by atoms with Crippen LogP contribution in [0.1, 0.15) is 30.6 Å². The summed E-state index contributed by atoms with van der Waals surface area (Å²) in [5.74, 6) is -1.23. The molecule has 1 aromatic rings. The first kappa shape index (κ1) is 19.4. The molecule has 0 unspecified atom stereocenters. The number of rotatable bonds is 7. The van der Waals surface area contributed by atoms with Crippen molar-refractivity contribution in [1.29, 1.82) is 0 Å². The Labute approximate surface area is 140 Å². The van der Waals surface area contributed by atoms with E-state index in [-0.39, 0.29) is 17.2 Å². The molecule has 0 aliphatic carbocycles. The molecule has 24 heavy (non-hydrogen) atoms. The summed E-state index contributed by atoms with van der Waals surface area (Å²) in [4.78, 5) is 36.5. The van der Waals surface area contributed by atoms with Gasteiger partial charge in [-0.15, -0.1) is 0 Å². The normalized spacial score (nSPS) is 12.9. The summed E-state index contributed by atoms with van der Waals surface area (Å²) >= 11 is 0. The monoisotopic (exact) mass is 337 g/mol. The largest absolute Gasteiger partial charge is 0.467 e. The van der Waals surface area contributed by atoms with Crippen LogP contribution in [0.2, 0.25) is 0 Å². The third-order valence-corrected chi connectivity index (χ3v) is 3.87. The summed E-state index contributed by atoms with van der Waals surface area (Å²) in [5, 5.41) is 13.8. The minimum absolute atomic E-state index is 0.115. The van der Waals surface area contributed by atoms with Crippen molar-refractivity contribution in [2.45, 2.75) is 26.3 Å². The van der Waals surface area contributed by atoms with Crippen LogP contribution in [0.15, 0.2) is 18.2 Å². The van der Waals surface area contributed by atoms with Gasteiger partial charge >= 0.3 is 5.97 Å². The highest BCUT2D eigenvalue weighted by atomic mass is 16.6. The molecule has 0 saturated heterocycles. The maximum atomic E-state index is 12.4. The highest BCUT2D eigenvalue weighted by Gasteiger charge is 2.28. The van der Waals surface area contributed by atoms with Crippen LogP contribution in [0.3, 0.4) is 0 Å². The number of nitrogens with one attached hydrogen (secondary N) is 1. The molecule has 0 aromatic heterocycles. The maximum Gasteiger partial charge on any atom is 0.328 e. The highest BCUT2D eigenvalue weighted by molar-refractivity contribution is 5.98. The number of esters is 1. The lowest BCUT2D eigenvalue weighted by atomic mass is 9.98. The fourth-order valence-corrected chi connectivity index (χ4v) is 2.21. The topological polar surface area (TPSA) is 102 Å². The van der Waals surface area contributed by atoms with Crippen molar-refractivity contribution >= 4 is 23.3 Å². The summed E-state index contributed by atoms with van der Waals surface area (Å²) in [6, 6.07) is 3.39. The van der Waals surface area contributed by atoms with Gasteiger partial charge in [-0.05, 0) is 18.1 Å². The first-order chi connectivity index (χ1) is 11.2. The van der Waals surface area contributed by atoms with E-state index >= 15 is 0 Å². The number of benzene rings is 1. The fourth-order valence-electron chi connectivity index (χ4n) is 2.21. The van der Waals surface area contributed by atoms with Crippen LogP contribution in [0, 0.1) is 16.0 Å². The van der Waals surface area contributed by atoms with E-state index in [9.17, 15) is 19.7 Å². The van der Waals surface area contributed by atoms with Crippen molar-refractivity contribution in [2.75, 3.05) is 26.1 Å². The van der Waals surface area contributed by atoms with E-state index in [1.165, 1.54) is 25.3 Å². The Balaban J connectivity index is 3.12. The van der Waals surface area contributed by atoms with Crippen LogP contribution < -0.4 is 10.2 Å². The van der Waals surface area contributed by atoms with E-state index in [0.717, 1.165) is 0 Å². The van der Waals surface area contributed by atoms with Crippen molar-refractivity contribution in [2.24, 2.45) is 5.92 Å². The molecule has 0 heterocycles. The Morgan fingerprint density at radius 2 is 2.00 bits per heavy atom. The van der Waals surface area contributed by atoms with E-state index in [1.807, 2.05) is 13.8 Å². The number of ether oxygens (including phenoxy) is 1. The molecule has 1 rings (SSSR count). The molecule has 8 heteroatoms. The zero-order valence-electron chi connectivity index (χ0n) is 14.5. The average molecular weight is 337 g/mol. The Bertz CT molecular complexity index is 630. The molecule has 0 aliphatic rings. The Hall–Kier alpha value is -2.64. The van der Waals surface area contributed by atoms with Gasteiger partial charge in [-0.25, -0.2) is 4.79 Å². The summed E-state index contributed by atoms with van der Waals surface area (Å²) in [6.45, 7) is 3.71. The van der Waals surface area contributed by atoms with Gasteiger partial charge in [0.25, 0.3) is 11.6 Å². The number of hydrogen-bond acceptors (Lipinski definition) is 6. The average Bonchev–Trinajstić information content (AvgIpc) is 2.57. The predicted octanol–water partition coefficient (Wildman–Crippen LogP) is 1.98. The Morgan fingerprint density at radius 1 is 1.38 bits per heavy atom. The number of methoxy groups -OCH3 is 1. The van der Waals surface area contributed by atoms with Gasteiger partial charge in [0.1, 0.15) is 11.7 Å². The van der Waals surface area contributed by atoms with E-state index in [0.29, 0.717) is 12.1 Å². The van der Waals surface area contributed by atoms with Crippen LogP contribution >= 0.6 is 0 Å². The van der Waals surface area contributed by atoms with Crippen molar-refractivity contribution in [3.8, 4) is 0 Å². The van der Waals surface area contributed by atoms with Gasteiger partial charge in [0.15, 0.2) is 0 Å². The van der Waals surface area contributed by atoms with Crippen molar-refractivity contribution < 1.29 is 19.2 Å². The first-order valence-corrected chi connectivity index (χ1v) is 7.57. The minimum Gasteiger partial charge on any atom is -0.467 e. The summed E-state index contributed by atoms with van der Waals surface area (Å²) in [6.07, 6.45) is 0.666. The molecule has 132 valence electrons. The molecule has 0 fully saturated rings. The van der Waals surface area contributed by atoms with Gasteiger partial charge in [0.2, 0.25) is 0 Å². The van der Waals surface area contributed by atoms with E-state index in [1.54, 1.807) is 19.0 Å². The predicted molar refractivity (Wildman–Crippen MR) is 90.1 cm³/mol. The summed E-state index contributed by atoms with van der Waals surface area (Å²) in [5.41, 5.74) is 0.332. The van der Waals surface area contributed by atoms with Gasteiger partial charge in [-0.2, -0.15) is 0 Å². The van der Waals surface area contributed by atoms with Gasteiger partial charge in [-0.3, -0.25) is 14.9 Å². The molecule has 8 nitrogen and oxygen atoms in total. The van der Waals surface area contributed by atoms with Crippen LogP contribution in [0.25, 0.3) is 0 Å². The van der Waals surface area contributed by atoms with Gasteiger partial charge < -0.3 is 15.0 Å². The summed E-state index contributed by atoms with van der Waals surface area (Å²) < 4.78 is 4.72. The second kappa shape index (κ2) is 8.28. The maximum absolute atomic E-state index is 12.4. The minimum atomic E-state index is -0.805. The third kappa shape index (κ3) is 4.43. The number of amides is 1. The second-order valence-corrected chi connectivity index (χ2v) is 5.71. The van der Waals surface area contributed by atoms with Crippen LogP contribution in [0.4, 0.5) is 11.4 Å². The quantitative estimate of drug-likeness (QED) is 0.464. The van der Waals surface area contributed by atoms with E-state index in [4.69, 9.17) is 4.74 Å². The smallest absolute Gasteiger partial charge is 0.328 e. The Kier molecular flexibility index (Phi) is 6.69. The number of hydrogen-bond donors (Lipinski definition) is 1. The van der Waals surface area contributed by atoms with Gasteiger partial charge in [-0.1, -0.05) is 20.3 Å². The second-order valence-electron chi connectivity index (χ2n) is 5.71. The lowest BCUT2D eigenvalue weighted by Gasteiger charge is -2.22. The molecular formula is C16H23N3O5. The molecule has 1 amide bonds. The highest BCUT2D eigenvalue weighted by Crippen LogP contribution is 2.27. The molecule has 0 aliphatic heterocycles. The van der Waals surface area contributed by atoms with Crippen LogP contribution in [-0.4, -0.2) is 44.0 Å². The lowest BCUT2D eigenvalue weighted by molar-refractivity contribution is -0.384. The van der Waals surface area contributed by atoms with Crippen LogP contribution in [0.5, 0.6) is 0 Å². The molecule has 0 bridgehead atoms. The standard InChI is InChI=1S/C16H23N3O5/c1-6-10(2)14(16(21)24-5)17-15(20)11-7-8-12(18(3)4)13(9-11)19(22)23/h7-10,14H,6H2,1-5H3,(H,17,20)/t10-,14+/m0/s1. The summed E-state index contributed by atoms with van der Waals surface area (Å²) in [7, 11) is 4.61. The van der Waals surface area contributed by atoms with Gasteiger partial charge in [0, 0.05) is 25.7 Å². The number of anilines is 1. The number of nitro groups is 1. The SMILES string of the molecule is CC[C@H](C)[C@@H](NC(=O)c1ccc(N(C)C)c([N+](=O)[O-])c1)C(=O)OC. The van der Waals surface area contributed by atoms with Gasteiger partial charge in [0.05, 0.1) is 12.0 Å². The lowest BCUT2D eigenvalue weighted by Crippen LogP contribution is -2.45. The molecule has 0 radical (unpaired) electrons. The molecule has 0 spiro atoms. The number of nitrogens with zero attached hydrogens (tertiary/aromatic N) is 2. The molecule has 0 saturated carbocycles. The van der Waals surface area contributed by atoms with Crippen LogP contribution in [-0.2, 0) is 9.53 Å². The van der Waals surface area contributed by atoms with E-state index in [2.05, 4.69) is 5.32 Å². The van der Waals surface area contributed by atoms with Crippen molar-refractivity contribution in [3.63, 3.8) is 0 Å². The number of nitro benzene ring substituents is 1. The van der Waals surface area contributed by atoms with Crippen molar-refractivity contribution in [1.82, 2.24) is 5.32 Å². The van der Waals surface area contributed by atoms with Crippen molar-refractivity contribution in [3.05, 3.63) is 33.9 Å².